The average molecular weight is 614 g/mol. The van der Waals surface area contributed by atoms with E-state index in [-0.39, 0.29) is 17.9 Å². The van der Waals surface area contributed by atoms with E-state index < -0.39 is 24.1 Å². The number of amides is 2. The van der Waals surface area contributed by atoms with E-state index in [2.05, 4.69) is 31.1 Å². The number of benzene rings is 2. The molecule has 42 heavy (non-hydrogen) atoms. The van der Waals surface area contributed by atoms with Crippen molar-refractivity contribution in [2.24, 2.45) is 5.92 Å². The molecule has 0 saturated carbocycles. The van der Waals surface area contributed by atoms with Crippen molar-refractivity contribution in [2.45, 2.75) is 58.0 Å². The highest BCUT2D eigenvalue weighted by Gasteiger charge is 2.29. The molecule has 13 heteroatoms. The third-order valence-corrected chi connectivity index (χ3v) is 6.41. The van der Waals surface area contributed by atoms with Crippen molar-refractivity contribution in [1.29, 1.82) is 1.28 Å². The van der Waals surface area contributed by atoms with Crippen LogP contribution in [0.25, 0.3) is 0 Å². The summed E-state index contributed by atoms with van der Waals surface area (Å²) in [6.45, 7) is 7.78. The van der Waals surface area contributed by atoms with Crippen LogP contribution in [0, 0.1) is 11.7 Å². The number of ether oxygens (including phenoxy) is 1. The lowest BCUT2D eigenvalue weighted by atomic mass is 10.0. The van der Waals surface area contributed by atoms with Gasteiger partial charge in [0.2, 0.25) is 0 Å². The summed E-state index contributed by atoms with van der Waals surface area (Å²) in [7, 11) is 3.77. The highest BCUT2D eigenvalue weighted by atomic mass is 31.0. The second-order valence-corrected chi connectivity index (χ2v) is 10.4. The van der Waals surface area contributed by atoms with E-state index in [1.165, 1.54) is 12.1 Å². The SMILES string of the molecule is CC(C)COc1ccc(CNC(=O)N(Cc2ccc(F)cc2)C2CCN(C)CC2)cc1.O=C(O)[C@H](O)[C@@H](O)C(=O)O.[3H]P. The largest absolute Gasteiger partial charge is 0.493 e. The minimum atomic E-state index is -2.27. The molecular weight excluding hydrogens is 568 g/mol. The molecule has 1 unspecified atom stereocenters. The maximum Gasteiger partial charge on any atom is 0.335 e. The first-order chi connectivity index (χ1) is 20.4. The van der Waals surface area contributed by atoms with E-state index in [0.29, 0.717) is 25.6 Å². The molecule has 2 aromatic rings. The zero-order valence-corrected chi connectivity index (χ0v) is 25.3. The number of rotatable bonds is 11. The molecule has 234 valence electrons. The van der Waals surface area contributed by atoms with Crippen LogP contribution in [-0.2, 0) is 22.7 Å². The Balaban J connectivity index is 0.000000655. The molecule has 11 nitrogen and oxygen atoms in total. The van der Waals surface area contributed by atoms with Gasteiger partial charge in [0.1, 0.15) is 11.6 Å². The van der Waals surface area contributed by atoms with Crippen LogP contribution >= 0.6 is 9.84 Å². The number of nitrogens with zero attached hydrogens (tertiary/aromatic N) is 2. The lowest BCUT2D eigenvalue weighted by molar-refractivity contribution is -0.165. The quantitative estimate of drug-likeness (QED) is 0.240. The monoisotopic (exact) mass is 613 g/mol. The van der Waals surface area contributed by atoms with Crippen LogP contribution in [0.5, 0.6) is 5.75 Å². The first-order valence-corrected chi connectivity index (χ1v) is 13.4. The minimum absolute atomic E-state index is 0.0842. The zero-order chi connectivity index (χ0) is 32.5. The lowest BCUT2D eigenvalue weighted by Crippen LogP contribution is -2.49. The Bertz CT molecular complexity index is 1100. The fraction of sp³-hybridized carbons (Fsp3) is 0.483. The number of halogens is 1. The van der Waals surface area contributed by atoms with E-state index in [1.807, 2.05) is 29.2 Å². The van der Waals surface area contributed by atoms with Gasteiger partial charge in [0.15, 0.2) is 12.2 Å². The average Bonchev–Trinajstić information content (AvgIpc) is 3.00. The number of urea groups is 1. The van der Waals surface area contributed by atoms with Crippen molar-refractivity contribution < 1.29 is 43.9 Å². The minimum Gasteiger partial charge on any atom is -0.493 e. The Kier molecular flexibility index (Phi) is 15.2. The number of hydrogen-bond acceptors (Lipinski definition) is 7. The summed E-state index contributed by atoms with van der Waals surface area (Å²) in [5.41, 5.74) is 1.96. The summed E-state index contributed by atoms with van der Waals surface area (Å²) in [6.07, 6.45) is -2.66. The molecule has 1 fully saturated rings. The van der Waals surface area contributed by atoms with Crippen molar-refractivity contribution in [2.75, 3.05) is 26.7 Å². The first kappa shape index (κ1) is 34.9. The normalized spacial score (nSPS) is 15.1. The van der Waals surface area contributed by atoms with Gasteiger partial charge in [0.25, 0.3) is 0 Å². The number of carbonyl (C=O) groups is 3. The molecule has 0 aromatic heterocycles. The van der Waals surface area contributed by atoms with Crippen molar-refractivity contribution >= 4 is 27.8 Å². The molecule has 0 aliphatic carbocycles. The number of carboxylic acid groups (broad SMARTS) is 2. The van der Waals surface area contributed by atoms with Crippen LogP contribution in [0.3, 0.4) is 0 Å². The van der Waals surface area contributed by atoms with Gasteiger partial charge in [-0.05, 0) is 74.3 Å². The molecule has 3 atom stereocenters. The summed E-state index contributed by atoms with van der Waals surface area (Å²) in [4.78, 5) is 36.8. The maximum absolute atomic E-state index is 13.3. The van der Waals surface area contributed by atoms with Gasteiger partial charge in [-0.1, -0.05) is 38.1 Å². The molecule has 1 saturated heterocycles. The van der Waals surface area contributed by atoms with Crippen LogP contribution in [0.2, 0.25) is 0 Å². The predicted octanol–water partition coefficient (Wildman–Crippen LogP) is 2.60. The summed E-state index contributed by atoms with van der Waals surface area (Å²) in [5, 5.41) is 35.6. The van der Waals surface area contributed by atoms with E-state index in [9.17, 15) is 18.8 Å². The number of aliphatic hydroxyl groups is 2. The number of aliphatic carboxylic acids is 2. The second-order valence-electron chi connectivity index (χ2n) is 10.4. The van der Waals surface area contributed by atoms with Gasteiger partial charge >= 0.3 is 18.0 Å². The highest BCUT2D eigenvalue weighted by Crippen LogP contribution is 2.19. The number of carboxylic acids is 2. The van der Waals surface area contributed by atoms with Gasteiger partial charge in [-0.3, -0.25) is 0 Å². The van der Waals surface area contributed by atoms with Gasteiger partial charge in [-0.15, -0.1) is 0 Å². The van der Waals surface area contributed by atoms with Crippen molar-refractivity contribution in [3.05, 3.63) is 65.5 Å². The van der Waals surface area contributed by atoms with Crippen LogP contribution in [0.1, 0.15) is 37.8 Å². The first-order valence-electron chi connectivity index (χ1n) is 14.0. The number of hydrogen-bond donors (Lipinski definition) is 5. The topological polar surface area (TPSA) is 160 Å². The van der Waals surface area contributed by atoms with Crippen molar-refractivity contribution in [3.63, 3.8) is 0 Å². The predicted molar refractivity (Wildman–Crippen MR) is 160 cm³/mol. The number of nitrogens with one attached hydrogen (secondary N) is 1. The molecule has 0 radical (unpaired) electrons. The third-order valence-electron chi connectivity index (χ3n) is 6.41. The summed E-state index contributed by atoms with van der Waals surface area (Å²) >= 11 is 0. The van der Waals surface area contributed by atoms with Gasteiger partial charge in [-0.2, -0.15) is 9.84 Å². The number of aliphatic hydroxyl groups excluding tert-OH is 2. The molecule has 2 amide bonds. The van der Waals surface area contributed by atoms with Gasteiger partial charge < -0.3 is 40.3 Å². The Morgan fingerprint density at radius 1 is 1.00 bits per heavy atom. The van der Waals surface area contributed by atoms with Gasteiger partial charge in [-0.25, -0.2) is 18.8 Å². The van der Waals surface area contributed by atoms with Crippen molar-refractivity contribution in [3.8, 4) is 5.75 Å². The van der Waals surface area contributed by atoms with Crippen LogP contribution in [0.15, 0.2) is 48.5 Å². The number of carbonyl (C=O) groups excluding carboxylic acids is 1. The highest BCUT2D eigenvalue weighted by molar-refractivity contribution is 6.92. The Morgan fingerprint density at radius 3 is 1.98 bits per heavy atom. The van der Waals surface area contributed by atoms with Gasteiger partial charge in [0.05, 0.1) is 7.89 Å². The van der Waals surface area contributed by atoms with Crippen molar-refractivity contribution in [1.82, 2.24) is 15.1 Å². The zero-order valence-electron chi connectivity index (χ0n) is 25.1. The van der Waals surface area contributed by atoms with E-state index in [0.717, 1.165) is 42.8 Å². The Morgan fingerprint density at radius 2 is 1.50 bits per heavy atom. The number of likely N-dealkylation sites (tertiary alicyclic amines) is 1. The number of piperidine rings is 1. The van der Waals surface area contributed by atoms with E-state index in [4.69, 9.17) is 26.4 Å². The molecule has 5 N–H and O–H groups in total. The van der Waals surface area contributed by atoms with Crippen LogP contribution < -0.4 is 10.1 Å². The Labute approximate surface area is 250 Å². The summed E-state index contributed by atoms with van der Waals surface area (Å²) < 4.78 is 24.7. The fourth-order valence-electron chi connectivity index (χ4n) is 3.98. The summed E-state index contributed by atoms with van der Waals surface area (Å²) in [5.74, 6) is -2.48. The third kappa shape index (κ3) is 12.7. The maximum atomic E-state index is 13.3. The molecule has 1 heterocycles. The molecule has 1 aliphatic heterocycles. The standard InChI is InChI=1S/C25H34FN3O2.C4H6O6.H3P/c1-19(2)18-31-24-10-6-20(7-11-24)16-27-25(30)29(23-12-14-28(3)15-13-23)17-21-4-8-22(26)9-5-21;5-1(3(7)8)2(6)4(9)10;/h4-11,19,23H,12-18H2,1-3H3,(H,27,30);1-2,5-6H,(H,7,8)(H,9,10);1H3/t;1-,2-;/m.1./s1/i;;1T. The second kappa shape index (κ2) is 18.3. The molecular formula is C29H43FN3O8P. The summed E-state index contributed by atoms with van der Waals surface area (Å²) in [6, 6.07) is 14.3. The molecule has 3 rings (SSSR count). The molecule has 0 bridgehead atoms. The smallest absolute Gasteiger partial charge is 0.335 e. The van der Waals surface area contributed by atoms with Crippen LogP contribution in [-0.4, -0.2) is 94.5 Å². The van der Waals surface area contributed by atoms with Crippen LogP contribution in [0.4, 0.5) is 9.18 Å². The Hall–Kier alpha value is -3.31. The van der Waals surface area contributed by atoms with E-state index >= 15 is 0 Å². The molecule has 0 spiro atoms. The lowest BCUT2D eigenvalue weighted by Gasteiger charge is -2.37. The molecule has 1 aliphatic rings. The van der Waals surface area contributed by atoms with E-state index in [1.54, 1.807) is 22.0 Å². The fourth-order valence-corrected chi connectivity index (χ4v) is 3.98. The molecule has 2 aromatic carbocycles. The van der Waals surface area contributed by atoms with Gasteiger partial charge in [0, 0.05) is 19.1 Å².